The van der Waals surface area contributed by atoms with Crippen LogP contribution in [-0.4, -0.2) is 32.3 Å². The predicted molar refractivity (Wildman–Crippen MR) is 141 cm³/mol. The summed E-state index contributed by atoms with van der Waals surface area (Å²) in [6, 6.07) is 5.19. The lowest BCUT2D eigenvalue weighted by Gasteiger charge is -2.16. The molecule has 0 aliphatic heterocycles. The third-order valence-electron chi connectivity index (χ3n) is 3.62. The summed E-state index contributed by atoms with van der Waals surface area (Å²) in [4.78, 5) is 23.8. The highest BCUT2D eigenvalue weighted by molar-refractivity contribution is 14.1. The van der Waals surface area contributed by atoms with Crippen molar-refractivity contribution < 1.29 is 28.9 Å². The Kier molecular flexibility index (Phi) is 9.72. The van der Waals surface area contributed by atoms with Crippen LogP contribution in [0.5, 0.6) is 11.5 Å². The van der Waals surface area contributed by atoms with Gasteiger partial charge in [-0.15, -0.1) is 0 Å². The molecule has 0 spiro atoms. The quantitative estimate of drug-likeness (QED) is 0.224. The van der Waals surface area contributed by atoms with E-state index in [2.05, 4.69) is 51.8 Å². The van der Waals surface area contributed by atoms with Crippen molar-refractivity contribution in [1.82, 2.24) is 0 Å². The monoisotopic (exact) mass is 845 g/mol. The number of carbonyl (C=O) groups is 2. The molecule has 0 bridgehead atoms. The second kappa shape index (κ2) is 11.3. The maximum Gasteiger partial charge on any atom is 0.342 e. The molecular weight excluding hydrogens is 832 g/mol. The van der Waals surface area contributed by atoms with E-state index >= 15 is 0 Å². The van der Waals surface area contributed by atoms with E-state index in [1.807, 2.05) is 51.2 Å². The summed E-state index contributed by atoms with van der Waals surface area (Å²) in [5.41, 5.74) is 1.15. The van der Waals surface area contributed by atoms with Gasteiger partial charge in [0.05, 0.1) is 23.8 Å². The summed E-state index contributed by atoms with van der Waals surface area (Å²) in [6.07, 6.45) is 1.64. The maximum atomic E-state index is 12.5. The number of rotatable bonds is 8. The van der Waals surface area contributed by atoms with Crippen molar-refractivity contribution in [3.8, 4) is 11.5 Å². The minimum Gasteiger partial charge on any atom is -0.545 e. The zero-order valence-electron chi connectivity index (χ0n) is 14.9. The fourth-order valence-electron chi connectivity index (χ4n) is 2.34. The first kappa shape index (κ1) is 24.9. The zero-order chi connectivity index (χ0) is 21.7. The van der Waals surface area contributed by atoms with Crippen LogP contribution in [0.1, 0.15) is 26.3 Å². The number of esters is 1. The summed E-state index contributed by atoms with van der Waals surface area (Å²) in [5.74, 6) is -0.963. The Morgan fingerprint density at radius 1 is 1.03 bits per heavy atom. The molecular formula is C19H13I4O6-. The molecule has 0 aliphatic carbocycles. The highest BCUT2D eigenvalue weighted by atomic mass is 127. The molecule has 2 aromatic rings. The number of hydrogen-bond donors (Lipinski definition) is 0. The minimum atomic E-state index is -1.27. The van der Waals surface area contributed by atoms with Crippen molar-refractivity contribution in [2.45, 2.75) is 0 Å². The van der Waals surface area contributed by atoms with E-state index in [-0.39, 0.29) is 18.8 Å². The van der Waals surface area contributed by atoms with Crippen LogP contribution >= 0.6 is 90.4 Å². The molecule has 0 saturated heterocycles. The van der Waals surface area contributed by atoms with E-state index in [0.717, 1.165) is 12.7 Å². The Morgan fingerprint density at radius 2 is 1.69 bits per heavy atom. The maximum absolute atomic E-state index is 12.5. The molecule has 6 nitrogen and oxygen atoms in total. The van der Waals surface area contributed by atoms with Crippen molar-refractivity contribution >= 4 is 108 Å². The van der Waals surface area contributed by atoms with Gasteiger partial charge in [0, 0.05) is 9.13 Å². The summed E-state index contributed by atoms with van der Waals surface area (Å²) in [7, 11) is 1.49. The number of methoxy groups -OCH3 is 1. The Balaban J connectivity index is 2.10. The number of aromatic carboxylic acids is 1. The lowest BCUT2D eigenvalue weighted by Crippen LogP contribution is -2.25. The number of carboxylic acid groups (broad SMARTS) is 1. The number of benzene rings is 2. The summed E-state index contributed by atoms with van der Waals surface area (Å²) in [5, 5.41) is 11.4. The van der Waals surface area contributed by atoms with Gasteiger partial charge in [0.15, 0.2) is 0 Å². The first-order chi connectivity index (χ1) is 13.7. The number of hydrogen-bond acceptors (Lipinski definition) is 6. The van der Waals surface area contributed by atoms with Gasteiger partial charge in [0.25, 0.3) is 0 Å². The van der Waals surface area contributed by atoms with Gasteiger partial charge in [-0.25, -0.2) is 4.79 Å². The minimum absolute atomic E-state index is 0.0182. The van der Waals surface area contributed by atoms with Gasteiger partial charge in [0.1, 0.15) is 30.3 Å². The standard InChI is InChI=1S/C19H14I4O6/c1-3-9-6-10(16(27-2)12(21)7-9)19(26)29-5-4-28-17-13(22)8-11(20)14(15(17)23)18(24)25/h3,6-8H,1,4-5H2,2H3,(H,24,25)/p-1. The van der Waals surface area contributed by atoms with Gasteiger partial charge in [0.2, 0.25) is 0 Å². The summed E-state index contributed by atoms with van der Waals surface area (Å²) in [6.45, 7) is 3.76. The topological polar surface area (TPSA) is 84.9 Å². The van der Waals surface area contributed by atoms with Crippen molar-refractivity contribution in [2.24, 2.45) is 0 Å². The van der Waals surface area contributed by atoms with Gasteiger partial charge >= 0.3 is 5.97 Å². The van der Waals surface area contributed by atoms with Gasteiger partial charge in [-0.1, -0.05) is 12.7 Å². The van der Waals surface area contributed by atoms with Crippen molar-refractivity contribution in [1.29, 1.82) is 0 Å². The Morgan fingerprint density at radius 3 is 2.28 bits per heavy atom. The average Bonchev–Trinajstić information content (AvgIpc) is 2.65. The zero-order valence-corrected chi connectivity index (χ0v) is 23.5. The second-order valence-electron chi connectivity index (χ2n) is 5.42. The molecule has 154 valence electrons. The Hall–Kier alpha value is -0.360. The predicted octanol–water partition coefficient (Wildman–Crippen LogP) is 4.36. The molecule has 0 fully saturated rings. The molecule has 0 amide bonds. The molecule has 2 rings (SSSR count). The van der Waals surface area contributed by atoms with Crippen LogP contribution in [0.3, 0.4) is 0 Å². The van der Waals surface area contributed by atoms with E-state index in [1.54, 1.807) is 18.2 Å². The molecule has 0 atom stereocenters. The number of carbonyl (C=O) groups excluding carboxylic acids is 2. The van der Waals surface area contributed by atoms with Gasteiger partial charge in [-0.2, -0.15) is 0 Å². The lowest BCUT2D eigenvalue weighted by molar-refractivity contribution is -0.255. The molecule has 10 heteroatoms. The van der Waals surface area contributed by atoms with Gasteiger partial charge in [-0.05, 0) is 114 Å². The number of ether oxygens (including phenoxy) is 3. The van der Waals surface area contributed by atoms with Crippen LogP contribution in [0.15, 0.2) is 24.8 Å². The molecule has 0 heterocycles. The molecule has 0 N–H and O–H groups in total. The number of halogens is 4. The highest BCUT2D eigenvalue weighted by Crippen LogP contribution is 2.33. The smallest absolute Gasteiger partial charge is 0.342 e. The van der Waals surface area contributed by atoms with Crippen LogP contribution in [0.2, 0.25) is 0 Å². The van der Waals surface area contributed by atoms with Crippen molar-refractivity contribution in [3.63, 3.8) is 0 Å². The van der Waals surface area contributed by atoms with Gasteiger partial charge < -0.3 is 24.1 Å². The molecule has 2 aromatic carbocycles. The first-order valence-electron chi connectivity index (χ1n) is 7.90. The molecule has 0 saturated carbocycles. The second-order valence-corrected chi connectivity index (χ2v) is 9.98. The van der Waals surface area contributed by atoms with Crippen LogP contribution < -0.4 is 14.6 Å². The Bertz CT molecular complexity index is 974. The molecule has 0 aromatic heterocycles. The van der Waals surface area contributed by atoms with E-state index in [4.69, 9.17) is 14.2 Å². The SMILES string of the molecule is C=Cc1cc(I)c(OC)c(C(=O)OCCOc2c(I)cc(I)c(C(=O)[O-])c2I)c1. The molecule has 0 aliphatic rings. The molecule has 0 unspecified atom stereocenters. The van der Waals surface area contributed by atoms with E-state index in [0.29, 0.717) is 24.2 Å². The van der Waals surface area contributed by atoms with E-state index in [9.17, 15) is 14.7 Å². The third-order valence-corrected chi connectivity index (χ3v) is 7.10. The fourth-order valence-corrected chi connectivity index (χ4v) is 7.33. The normalized spacial score (nSPS) is 10.4. The molecule has 29 heavy (non-hydrogen) atoms. The fraction of sp³-hybridized carbons (Fsp3) is 0.158. The van der Waals surface area contributed by atoms with Crippen molar-refractivity contribution in [3.05, 3.63) is 55.7 Å². The highest BCUT2D eigenvalue weighted by Gasteiger charge is 2.19. The lowest BCUT2D eigenvalue weighted by atomic mass is 10.1. The van der Waals surface area contributed by atoms with Crippen molar-refractivity contribution in [2.75, 3.05) is 20.3 Å². The van der Waals surface area contributed by atoms with Gasteiger partial charge in [-0.3, -0.25) is 0 Å². The third kappa shape index (κ3) is 6.09. The van der Waals surface area contributed by atoms with Crippen LogP contribution in [0, 0.1) is 14.3 Å². The van der Waals surface area contributed by atoms with E-state index in [1.165, 1.54) is 7.11 Å². The largest absolute Gasteiger partial charge is 0.545 e. The van der Waals surface area contributed by atoms with E-state index < -0.39 is 11.9 Å². The van der Waals surface area contributed by atoms with Crippen LogP contribution in [0.25, 0.3) is 6.08 Å². The first-order valence-corrected chi connectivity index (χ1v) is 12.2. The summed E-state index contributed by atoms with van der Waals surface area (Å²) >= 11 is 8.00. The summed E-state index contributed by atoms with van der Waals surface area (Å²) < 4.78 is 18.8. The number of carboxylic acids is 1. The Labute approximate surface area is 222 Å². The average molecular weight is 845 g/mol. The van der Waals surface area contributed by atoms with Crippen LogP contribution in [-0.2, 0) is 4.74 Å². The molecule has 0 radical (unpaired) electrons. The van der Waals surface area contributed by atoms with Crippen LogP contribution in [0.4, 0.5) is 0 Å².